The van der Waals surface area contributed by atoms with Crippen molar-refractivity contribution in [3.05, 3.63) is 46.3 Å². The van der Waals surface area contributed by atoms with Crippen molar-refractivity contribution in [1.82, 2.24) is 4.98 Å². The van der Waals surface area contributed by atoms with E-state index in [2.05, 4.69) is 16.2 Å². The van der Waals surface area contributed by atoms with Gasteiger partial charge in [0.15, 0.2) is 5.82 Å². The third-order valence-corrected chi connectivity index (χ3v) is 3.23. The Hall–Kier alpha value is -2.32. The zero-order chi connectivity index (χ0) is 13.7. The number of carbonyl (C=O) groups excluding carboxylic acids is 1. The molecule has 0 saturated heterocycles. The van der Waals surface area contributed by atoms with Crippen molar-refractivity contribution in [3.8, 4) is 12.3 Å². The van der Waals surface area contributed by atoms with Crippen LogP contribution >= 0.6 is 11.3 Å². The Labute approximate surface area is 115 Å². The van der Waals surface area contributed by atoms with E-state index in [9.17, 15) is 4.79 Å². The molecule has 2 rings (SSSR count). The molecule has 19 heavy (non-hydrogen) atoms. The molecule has 0 aliphatic carbocycles. The Bertz CT molecular complexity index is 601. The quantitative estimate of drug-likeness (QED) is 0.871. The van der Waals surface area contributed by atoms with Crippen LogP contribution in [0.3, 0.4) is 0 Å². The number of anilines is 1. The second-order valence-corrected chi connectivity index (χ2v) is 4.61. The number of hydrogen-bond acceptors (Lipinski definition) is 4. The van der Waals surface area contributed by atoms with Crippen molar-refractivity contribution in [3.63, 3.8) is 0 Å². The standard InChI is InChI=1S/C14H12N2O2S/c1-3-12-13(15-9-19-12)16-14(17)18-10(2)11-7-5-4-6-8-11/h1,4-10H,2H3,(H,16,17)/t10-/m1/s1. The average molecular weight is 272 g/mol. The minimum atomic E-state index is -0.571. The van der Waals surface area contributed by atoms with E-state index in [0.29, 0.717) is 10.7 Å². The number of terminal acetylenes is 1. The van der Waals surface area contributed by atoms with E-state index in [4.69, 9.17) is 11.2 Å². The molecule has 1 aromatic heterocycles. The van der Waals surface area contributed by atoms with Crippen molar-refractivity contribution in [2.24, 2.45) is 0 Å². The highest BCUT2D eigenvalue weighted by Crippen LogP contribution is 2.20. The zero-order valence-electron chi connectivity index (χ0n) is 10.3. The van der Waals surface area contributed by atoms with E-state index < -0.39 is 6.09 Å². The van der Waals surface area contributed by atoms with Gasteiger partial charge in [-0.05, 0) is 12.5 Å². The minimum absolute atomic E-state index is 0.339. The van der Waals surface area contributed by atoms with E-state index in [1.807, 2.05) is 30.3 Å². The molecule has 0 radical (unpaired) electrons. The van der Waals surface area contributed by atoms with Crippen LogP contribution in [0.1, 0.15) is 23.5 Å². The molecule has 1 aromatic carbocycles. The minimum Gasteiger partial charge on any atom is -0.441 e. The molecule has 2 aromatic rings. The van der Waals surface area contributed by atoms with Gasteiger partial charge in [0.1, 0.15) is 11.0 Å². The number of nitrogens with zero attached hydrogens (tertiary/aromatic N) is 1. The first kappa shape index (κ1) is 13.1. The second kappa shape index (κ2) is 6.03. The third-order valence-electron chi connectivity index (χ3n) is 2.47. The molecule has 0 saturated carbocycles. The Morgan fingerprint density at radius 3 is 2.89 bits per heavy atom. The number of carbonyl (C=O) groups is 1. The molecule has 1 amide bonds. The molecular weight excluding hydrogens is 260 g/mol. The SMILES string of the molecule is C#Cc1scnc1NC(=O)O[C@H](C)c1ccccc1. The largest absolute Gasteiger partial charge is 0.441 e. The molecule has 5 heteroatoms. The van der Waals surface area contributed by atoms with Gasteiger partial charge in [-0.1, -0.05) is 36.3 Å². The highest BCUT2D eigenvalue weighted by atomic mass is 32.1. The summed E-state index contributed by atoms with van der Waals surface area (Å²) in [6.07, 6.45) is 4.38. The zero-order valence-corrected chi connectivity index (χ0v) is 11.1. The molecule has 0 aliphatic heterocycles. The van der Waals surface area contributed by atoms with Crippen molar-refractivity contribution < 1.29 is 9.53 Å². The fourth-order valence-corrected chi connectivity index (χ4v) is 2.06. The lowest BCUT2D eigenvalue weighted by Crippen LogP contribution is -2.16. The van der Waals surface area contributed by atoms with E-state index in [-0.39, 0.29) is 6.10 Å². The maximum Gasteiger partial charge on any atom is 0.413 e. The summed E-state index contributed by atoms with van der Waals surface area (Å²) in [6.45, 7) is 1.80. The first-order chi connectivity index (χ1) is 9.20. The Balaban J connectivity index is 1.97. The maximum atomic E-state index is 11.7. The number of thiazole rings is 1. The van der Waals surface area contributed by atoms with Crippen LogP contribution in [0.4, 0.5) is 10.6 Å². The Morgan fingerprint density at radius 1 is 1.47 bits per heavy atom. The molecule has 0 fully saturated rings. The van der Waals surface area contributed by atoms with Gasteiger partial charge in [0.2, 0.25) is 0 Å². The lowest BCUT2D eigenvalue weighted by molar-refractivity contribution is 0.121. The van der Waals surface area contributed by atoms with Gasteiger partial charge in [-0.2, -0.15) is 0 Å². The van der Waals surface area contributed by atoms with Crippen molar-refractivity contribution in [1.29, 1.82) is 0 Å². The van der Waals surface area contributed by atoms with E-state index in [0.717, 1.165) is 5.56 Å². The van der Waals surface area contributed by atoms with Crippen LogP contribution in [0.2, 0.25) is 0 Å². The number of nitrogens with one attached hydrogen (secondary N) is 1. The Morgan fingerprint density at radius 2 is 2.21 bits per heavy atom. The summed E-state index contributed by atoms with van der Waals surface area (Å²) in [7, 11) is 0. The first-order valence-electron chi connectivity index (χ1n) is 5.63. The monoisotopic (exact) mass is 272 g/mol. The van der Waals surface area contributed by atoms with E-state index in [1.54, 1.807) is 12.4 Å². The molecule has 1 heterocycles. The topological polar surface area (TPSA) is 51.2 Å². The van der Waals surface area contributed by atoms with Gasteiger partial charge in [-0.3, -0.25) is 5.32 Å². The van der Waals surface area contributed by atoms with Gasteiger partial charge in [0.25, 0.3) is 0 Å². The molecule has 0 unspecified atom stereocenters. The summed E-state index contributed by atoms with van der Waals surface area (Å²) in [6, 6.07) is 9.49. The normalized spacial score (nSPS) is 11.4. The van der Waals surface area contributed by atoms with Crippen molar-refractivity contribution in [2.75, 3.05) is 5.32 Å². The molecule has 1 atom stereocenters. The van der Waals surface area contributed by atoms with Crippen LogP contribution < -0.4 is 5.32 Å². The van der Waals surface area contributed by atoms with Crippen LogP contribution in [-0.4, -0.2) is 11.1 Å². The number of amides is 1. The molecular formula is C14H12N2O2S. The molecule has 0 bridgehead atoms. The van der Waals surface area contributed by atoms with Crippen LogP contribution in [0.25, 0.3) is 0 Å². The molecule has 0 aliphatic rings. The van der Waals surface area contributed by atoms with E-state index in [1.165, 1.54) is 11.3 Å². The molecule has 1 N–H and O–H groups in total. The number of hydrogen-bond donors (Lipinski definition) is 1. The van der Waals surface area contributed by atoms with Crippen LogP contribution in [-0.2, 0) is 4.74 Å². The van der Waals surface area contributed by atoms with Crippen molar-refractivity contribution in [2.45, 2.75) is 13.0 Å². The lowest BCUT2D eigenvalue weighted by Gasteiger charge is -2.13. The molecule has 0 spiro atoms. The number of ether oxygens (including phenoxy) is 1. The summed E-state index contributed by atoms with van der Waals surface area (Å²) >= 11 is 1.29. The smallest absolute Gasteiger partial charge is 0.413 e. The van der Waals surface area contributed by atoms with Crippen LogP contribution in [0.5, 0.6) is 0 Å². The summed E-state index contributed by atoms with van der Waals surface area (Å²) in [5, 5.41) is 2.54. The first-order valence-corrected chi connectivity index (χ1v) is 6.51. The maximum absolute atomic E-state index is 11.7. The highest BCUT2D eigenvalue weighted by Gasteiger charge is 2.13. The number of aromatic nitrogens is 1. The van der Waals surface area contributed by atoms with Gasteiger partial charge in [0.05, 0.1) is 5.51 Å². The third kappa shape index (κ3) is 3.33. The molecule has 96 valence electrons. The second-order valence-electron chi connectivity index (χ2n) is 3.76. The number of benzene rings is 1. The summed E-state index contributed by atoms with van der Waals surface area (Å²) in [5.74, 6) is 2.81. The fraction of sp³-hybridized carbons (Fsp3) is 0.143. The summed E-state index contributed by atoms with van der Waals surface area (Å²) in [5.41, 5.74) is 2.50. The predicted octanol–water partition coefficient (Wildman–Crippen LogP) is 3.43. The van der Waals surface area contributed by atoms with Gasteiger partial charge in [-0.15, -0.1) is 17.8 Å². The van der Waals surface area contributed by atoms with Gasteiger partial charge in [0, 0.05) is 0 Å². The highest BCUT2D eigenvalue weighted by molar-refractivity contribution is 7.10. The van der Waals surface area contributed by atoms with Crippen molar-refractivity contribution >= 4 is 23.2 Å². The summed E-state index contributed by atoms with van der Waals surface area (Å²) in [4.78, 5) is 16.3. The lowest BCUT2D eigenvalue weighted by atomic mass is 10.1. The Kier molecular flexibility index (Phi) is 4.16. The average Bonchev–Trinajstić information content (AvgIpc) is 2.86. The number of rotatable bonds is 3. The van der Waals surface area contributed by atoms with E-state index >= 15 is 0 Å². The predicted molar refractivity (Wildman–Crippen MR) is 75.0 cm³/mol. The van der Waals surface area contributed by atoms with Gasteiger partial charge in [-0.25, -0.2) is 9.78 Å². The van der Waals surface area contributed by atoms with Gasteiger partial charge >= 0.3 is 6.09 Å². The van der Waals surface area contributed by atoms with Crippen LogP contribution in [0, 0.1) is 12.3 Å². The fourth-order valence-electron chi connectivity index (χ4n) is 1.52. The van der Waals surface area contributed by atoms with Gasteiger partial charge < -0.3 is 4.74 Å². The summed E-state index contributed by atoms with van der Waals surface area (Å²) < 4.78 is 5.26. The molecule has 4 nitrogen and oxygen atoms in total. The van der Waals surface area contributed by atoms with Crippen LogP contribution in [0.15, 0.2) is 35.8 Å².